The van der Waals surface area contributed by atoms with Crippen molar-refractivity contribution in [3.63, 3.8) is 0 Å². The summed E-state index contributed by atoms with van der Waals surface area (Å²) in [6.07, 6.45) is 0. The Bertz CT molecular complexity index is 1190. The smallest absolute Gasteiger partial charge is 0.251 e. The summed E-state index contributed by atoms with van der Waals surface area (Å²) in [5.41, 5.74) is 1.27. The second-order valence-electron chi connectivity index (χ2n) is 7.39. The number of nitrogens with one attached hydrogen (secondary N) is 1. The number of hydrogen-bond acceptors (Lipinski definition) is 8. The van der Waals surface area contributed by atoms with Gasteiger partial charge in [0.25, 0.3) is 5.91 Å². The third-order valence-corrected chi connectivity index (χ3v) is 6.95. The first-order chi connectivity index (χ1) is 15.9. The van der Waals surface area contributed by atoms with Crippen LogP contribution < -0.4 is 10.1 Å². The number of rotatable bonds is 8. The van der Waals surface area contributed by atoms with Gasteiger partial charge in [-0.05, 0) is 42.0 Å². The Morgan fingerprint density at radius 2 is 1.79 bits per heavy atom. The lowest BCUT2D eigenvalue weighted by atomic mass is 10.2. The average molecular weight is 473 g/mol. The molecule has 2 heterocycles. The predicted molar refractivity (Wildman–Crippen MR) is 117 cm³/mol. The lowest BCUT2D eigenvalue weighted by Gasteiger charge is -2.26. The summed E-state index contributed by atoms with van der Waals surface area (Å²) >= 11 is 0. The Morgan fingerprint density at radius 3 is 2.42 bits per heavy atom. The van der Waals surface area contributed by atoms with Crippen LogP contribution in [0.5, 0.6) is 5.75 Å². The summed E-state index contributed by atoms with van der Waals surface area (Å²) in [4.78, 5) is 16.7. The molecule has 1 aliphatic heterocycles. The molecule has 1 fully saturated rings. The molecule has 10 nitrogen and oxygen atoms in total. The molecular formula is C22H24N4O6S. The summed E-state index contributed by atoms with van der Waals surface area (Å²) in [5, 5.41) is 6.58. The van der Waals surface area contributed by atoms with Gasteiger partial charge in [0.05, 0.1) is 18.1 Å². The van der Waals surface area contributed by atoms with Crippen molar-refractivity contribution in [1.29, 1.82) is 0 Å². The second kappa shape index (κ2) is 10.1. The van der Waals surface area contributed by atoms with Crippen molar-refractivity contribution in [2.75, 3.05) is 26.3 Å². The molecule has 1 N–H and O–H groups in total. The highest BCUT2D eigenvalue weighted by Crippen LogP contribution is 2.18. The summed E-state index contributed by atoms with van der Waals surface area (Å²) in [6, 6.07) is 13.2. The van der Waals surface area contributed by atoms with Crippen LogP contribution in [0.25, 0.3) is 0 Å². The van der Waals surface area contributed by atoms with Crippen LogP contribution in [0.4, 0.5) is 0 Å². The Labute approximate surface area is 191 Å². The number of sulfonamides is 1. The number of aryl methyl sites for hydroxylation is 1. The van der Waals surface area contributed by atoms with Crippen molar-refractivity contribution in [2.45, 2.75) is 25.0 Å². The fourth-order valence-electron chi connectivity index (χ4n) is 3.25. The largest absolute Gasteiger partial charge is 0.485 e. The van der Waals surface area contributed by atoms with Crippen LogP contribution in [0.3, 0.4) is 0 Å². The van der Waals surface area contributed by atoms with Gasteiger partial charge in [-0.2, -0.15) is 9.29 Å². The second-order valence-corrected chi connectivity index (χ2v) is 9.32. The molecule has 174 valence electrons. The highest BCUT2D eigenvalue weighted by molar-refractivity contribution is 7.89. The summed E-state index contributed by atoms with van der Waals surface area (Å²) in [6.45, 7) is 3.63. The average Bonchev–Trinajstić information content (AvgIpc) is 3.27. The number of amides is 1. The van der Waals surface area contributed by atoms with Gasteiger partial charge >= 0.3 is 0 Å². The SMILES string of the molecule is Cc1nc(COc2ccc(C(=O)NCc3ccc(S(=O)(=O)N4CCOCC4)cc3)cc2)no1. The number of benzene rings is 2. The van der Waals surface area contributed by atoms with Gasteiger partial charge in [-0.15, -0.1) is 0 Å². The first kappa shape index (κ1) is 22.9. The maximum absolute atomic E-state index is 12.7. The van der Waals surface area contributed by atoms with E-state index >= 15 is 0 Å². The molecule has 0 atom stereocenters. The zero-order valence-electron chi connectivity index (χ0n) is 18.1. The Kier molecular flexibility index (Phi) is 7.02. The lowest BCUT2D eigenvalue weighted by molar-refractivity contribution is 0.0730. The van der Waals surface area contributed by atoms with Gasteiger partial charge in [-0.1, -0.05) is 17.3 Å². The van der Waals surface area contributed by atoms with E-state index in [9.17, 15) is 13.2 Å². The van der Waals surface area contributed by atoms with Crippen molar-refractivity contribution in [2.24, 2.45) is 0 Å². The highest BCUT2D eigenvalue weighted by atomic mass is 32.2. The molecule has 33 heavy (non-hydrogen) atoms. The minimum absolute atomic E-state index is 0.167. The zero-order chi connectivity index (χ0) is 23.3. The molecule has 0 spiro atoms. The van der Waals surface area contributed by atoms with Crippen molar-refractivity contribution in [3.8, 4) is 5.75 Å². The lowest BCUT2D eigenvalue weighted by Crippen LogP contribution is -2.40. The maximum atomic E-state index is 12.7. The van der Waals surface area contributed by atoms with Crippen LogP contribution in [0.1, 0.15) is 27.6 Å². The molecule has 1 amide bonds. The number of carbonyl (C=O) groups excluding carboxylic acids is 1. The van der Waals surface area contributed by atoms with Crippen LogP contribution in [0.2, 0.25) is 0 Å². The van der Waals surface area contributed by atoms with Gasteiger partial charge in [-0.25, -0.2) is 8.42 Å². The summed E-state index contributed by atoms with van der Waals surface area (Å²) in [5.74, 6) is 1.23. The number of hydrogen-bond donors (Lipinski definition) is 1. The Balaban J connectivity index is 1.29. The van der Waals surface area contributed by atoms with Crippen molar-refractivity contribution in [3.05, 3.63) is 71.4 Å². The molecule has 1 saturated heterocycles. The maximum Gasteiger partial charge on any atom is 0.251 e. The van der Waals surface area contributed by atoms with E-state index in [1.54, 1.807) is 55.5 Å². The summed E-state index contributed by atoms with van der Waals surface area (Å²) in [7, 11) is -3.54. The van der Waals surface area contributed by atoms with E-state index in [1.807, 2.05) is 0 Å². The van der Waals surface area contributed by atoms with E-state index in [0.717, 1.165) is 5.56 Å². The first-order valence-corrected chi connectivity index (χ1v) is 11.8. The van der Waals surface area contributed by atoms with Gasteiger partial charge in [0.2, 0.25) is 21.7 Å². The molecule has 3 aromatic rings. The van der Waals surface area contributed by atoms with E-state index in [0.29, 0.717) is 49.3 Å². The molecule has 1 aliphatic rings. The standard InChI is InChI=1S/C22H24N4O6S/c1-16-24-21(25-32-16)15-31-19-6-4-18(5-7-19)22(27)23-14-17-2-8-20(9-3-17)33(28,29)26-10-12-30-13-11-26/h2-9H,10-15H2,1H3,(H,23,27). The van der Waals surface area contributed by atoms with E-state index in [1.165, 1.54) is 4.31 Å². The van der Waals surface area contributed by atoms with Crippen molar-refractivity contribution < 1.29 is 27.2 Å². The van der Waals surface area contributed by atoms with E-state index in [2.05, 4.69) is 15.5 Å². The van der Waals surface area contributed by atoms with Crippen LogP contribution in [-0.2, 0) is 27.9 Å². The fourth-order valence-corrected chi connectivity index (χ4v) is 4.66. The minimum atomic E-state index is -3.54. The van der Waals surface area contributed by atoms with Crippen LogP contribution in [0.15, 0.2) is 57.9 Å². The van der Waals surface area contributed by atoms with Gasteiger partial charge in [-0.3, -0.25) is 4.79 Å². The topological polar surface area (TPSA) is 124 Å². The number of aromatic nitrogens is 2. The normalized spacial score (nSPS) is 14.7. The molecule has 11 heteroatoms. The molecule has 0 saturated carbocycles. The van der Waals surface area contributed by atoms with Crippen molar-refractivity contribution in [1.82, 2.24) is 19.8 Å². The molecule has 0 unspecified atom stereocenters. The molecule has 1 aromatic heterocycles. The van der Waals surface area contributed by atoms with Gasteiger partial charge in [0.1, 0.15) is 5.75 Å². The third kappa shape index (κ3) is 5.75. The third-order valence-electron chi connectivity index (χ3n) is 5.04. The molecule has 4 rings (SSSR count). The first-order valence-electron chi connectivity index (χ1n) is 10.4. The quantitative estimate of drug-likeness (QED) is 0.527. The van der Waals surface area contributed by atoms with E-state index in [-0.39, 0.29) is 24.0 Å². The Morgan fingerprint density at radius 1 is 1.09 bits per heavy atom. The molecular weight excluding hydrogens is 448 g/mol. The van der Waals surface area contributed by atoms with Gasteiger partial charge in [0, 0.05) is 32.1 Å². The number of morpholine rings is 1. The number of nitrogens with zero attached hydrogens (tertiary/aromatic N) is 3. The van der Waals surface area contributed by atoms with E-state index in [4.69, 9.17) is 14.0 Å². The fraction of sp³-hybridized carbons (Fsp3) is 0.318. The minimum Gasteiger partial charge on any atom is -0.485 e. The van der Waals surface area contributed by atoms with Crippen molar-refractivity contribution >= 4 is 15.9 Å². The summed E-state index contributed by atoms with van der Waals surface area (Å²) < 4.78 is 42.5. The van der Waals surface area contributed by atoms with Crippen LogP contribution >= 0.6 is 0 Å². The van der Waals surface area contributed by atoms with Crippen LogP contribution in [-0.4, -0.2) is 55.1 Å². The van der Waals surface area contributed by atoms with Gasteiger partial charge < -0.3 is 19.3 Å². The number of carbonyl (C=O) groups is 1. The molecule has 0 bridgehead atoms. The Hall–Kier alpha value is -3.28. The molecule has 0 radical (unpaired) electrons. The van der Waals surface area contributed by atoms with E-state index < -0.39 is 10.0 Å². The molecule has 2 aromatic carbocycles. The number of ether oxygens (including phenoxy) is 2. The highest BCUT2D eigenvalue weighted by Gasteiger charge is 2.26. The molecule has 0 aliphatic carbocycles. The van der Waals surface area contributed by atoms with Crippen LogP contribution in [0, 0.1) is 6.92 Å². The predicted octanol–water partition coefficient (Wildman–Crippen LogP) is 1.91. The monoisotopic (exact) mass is 472 g/mol. The zero-order valence-corrected chi connectivity index (χ0v) is 18.9. The van der Waals surface area contributed by atoms with Gasteiger partial charge in [0.15, 0.2) is 6.61 Å².